The molecule has 2 saturated heterocycles. The lowest BCUT2D eigenvalue weighted by Crippen LogP contribution is -2.41. The molecule has 6 aromatic rings. The number of β-amino-alcohol motifs (C(OH)–C–C–N with tert-alkyl or cyclic N) is 1. The summed E-state index contributed by atoms with van der Waals surface area (Å²) in [5, 5.41) is 30.1. The zero-order valence-electron chi connectivity index (χ0n) is 50.6. The Labute approximate surface area is 511 Å². The highest BCUT2D eigenvalue weighted by molar-refractivity contribution is 6.18. The number of hydrogen-bond acceptors (Lipinski definition) is 18. The smallest absolute Gasteiger partial charge is 0.219 e. The number of aromatic nitrogens is 4. The Bertz CT molecular complexity index is 3310. The molecule has 468 valence electrons. The highest BCUT2D eigenvalue weighted by Crippen LogP contribution is 2.34. The Morgan fingerprint density at radius 3 is 1.60 bits per heavy atom. The van der Waals surface area contributed by atoms with E-state index >= 15 is 4.39 Å². The van der Waals surface area contributed by atoms with Crippen LogP contribution in [0.1, 0.15) is 142 Å². The average Bonchev–Trinajstić information content (AvgIpc) is 3.86. The van der Waals surface area contributed by atoms with E-state index < -0.39 is 12.2 Å². The van der Waals surface area contributed by atoms with Crippen molar-refractivity contribution in [2.75, 3.05) is 62.3 Å². The number of halogens is 3. The van der Waals surface area contributed by atoms with E-state index in [-0.39, 0.29) is 79.0 Å². The molecule has 4 aromatic heterocycles. The van der Waals surface area contributed by atoms with Gasteiger partial charge in [-0.3, -0.25) is 24.1 Å². The maximum Gasteiger partial charge on any atom is 0.219 e. The normalized spacial score (nSPS) is 16.0. The molecule has 2 amide bonds. The van der Waals surface area contributed by atoms with Crippen molar-refractivity contribution in [1.29, 1.82) is 0 Å². The van der Waals surface area contributed by atoms with Crippen molar-refractivity contribution in [2.45, 2.75) is 156 Å². The van der Waals surface area contributed by atoms with Crippen molar-refractivity contribution in [1.82, 2.24) is 40.0 Å². The fraction of sp³-hybridized carbons (Fsp3) is 0.500. The number of likely N-dealkylation sites (tertiary alicyclic amines) is 2. The van der Waals surface area contributed by atoms with Gasteiger partial charge in [0.25, 0.3) is 0 Å². The van der Waals surface area contributed by atoms with Gasteiger partial charge in [-0.25, -0.2) is 28.7 Å². The number of alkyl halides is 1. The van der Waals surface area contributed by atoms with E-state index in [0.717, 1.165) is 90.9 Å². The molecule has 23 heteroatoms. The van der Waals surface area contributed by atoms with Crippen molar-refractivity contribution in [3.05, 3.63) is 141 Å². The number of amides is 2. The number of aliphatic hydroxyl groups is 2. The number of Topliss-reactive ketones (excluding diaryl/α,β-unsaturated/α-hetero) is 2. The highest BCUT2D eigenvalue weighted by Gasteiger charge is 2.27. The molecule has 2 aromatic carbocycles. The number of oxazole rings is 2. The van der Waals surface area contributed by atoms with Crippen LogP contribution in [-0.4, -0.2) is 144 Å². The van der Waals surface area contributed by atoms with Gasteiger partial charge in [-0.15, -0.1) is 11.6 Å². The van der Waals surface area contributed by atoms with Crippen LogP contribution < -0.4 is 25.4 Å². The minimum Gasteiger partial charge on any atom is -0.485 e. The monoisotopic (exact) mass is 1220 g/mol. The molecule has 20 nitrogen and oxygen atoms in total. The molecule has 0 spiro atoms. The van der Waals surface area contributed by atoms with Crippen LogP contribution in [0.3, 0.4) is 0 Å². The predicted molar refractivity (Wildman–Crippen MR) is 324 cm³/mol. The lowest BCUT2D eigenvalue weighted by Gasteiger charge is -2.32. The third-order valence-electron chi connectivity index (χ3n) is 16.6. The third kappa shape index (κ3) is 18.3. The summed E-state index contributed by atoms with van der Waals surface area (Å²) in [4.78, 5) is 70.4. The van der Waals surface area contributed by atoms with Gasteiger partial charge in [0.05, 0.1) is 23.6 Å². The number of ketones is 2. The number of fused-ring (bicyclic) bond motifs is 2. The minimum atomic E-state index is -0.715. The summed E-state index contributed by atoms with van der Waals surface area (Å²) in [6.45, 7) is 17.0. The van der Waals surface area contributed by atoms with Crippen LogP contribution in [0.4, 0.5) is 20.4 Å². The molecule has 0 unspecified atom stereocenters. The van der Waals surface area contributed by atoms with Gasteiger partial charge in [-0.2, -0.15) is 0 Å². The first kappa shape index (κ1) is 65.6. The van der Waals surface area contributed by atoms with Crippen molar-refractivity contribution in [3.8, 4) is 11.5 Å². The molecule has 8 heterocycles. The number of ether oxygens (including phenoxy) is 2. The summed E-state index contributed by atoms with van der Waals surface area (Å²) in [7, 11) is 0. The van der Waals surface area contributed by atoms with Gasteiger partial charge in [0.1, 0.15) is 48.0 Å². The van der Waals surface area contributed by atoms with Gasteiger partial charge in [-0.05, 0) is 132 Å². The van der Waals surface area contributed by atoms with Crippen LogP contribution in [0.5, 0.6) is 11.5 Å². The number of benzene rings is 2. The van der Waals surface area contributed by atoms with Crippen LogP contribution in [0, 0.1) is 39.3 Å². The van der Waals surface area contributed by atoms with Gasteiger partial charge in [0.2, 0.25) is 11.8 Å². The second-order valence-corrected chi connectivity index (χ2v) is 23.0. The van der Waals surface area contributed by atoms with Crippen LogP contribution >= 0.6 is 11.6 Å². The fourth-order valence-corrected chi connectivity index (χ4v) is 11.3. The first-order chi connectivity index (χ1) is 41.8. The number of nitrogens with one attached hydrogen (secondary N) is 3. The number of nitrogens with zero attached hydrogens (tertiary/aromatic N) is 7. The Morgan fingerprint density at radius 2 is 1.14 bits per heavy atom. The van der Waals surface area contributed by atoms with Crippen LogP contribution in [0.25, 0.3) is 0 Å². The molecular formula is C64H81ClF2N10O10. The molecule has 0 bridgehead atoms. The van der Waals surface area contributed by atoms with E-state index in [1.54, 1.807) is 50.5 Å². The number of pyridine rings is 2. The number of rotatable bonds is 21. The summed E-state index contributed by atoms with van der Waals surface area (Å²) in [5.74, 6) is 3.37. The van der Waals surface area contributed by atoms with Gasteiger partial charge in [-0.1, -0.05) is 0 Å². The number of carbonyl (C=O) groups is 4. The highest BCUT2D eigenvalue weighted by atomic mass is 35.5. The Kier molecular flexibility index (Phi) is 23.8. The van der Waals surface area contributed by atoms with Crippen molar-refractivity contribution in [2.24, 2.45) is 0 Å². The summed E-state index contributed by atoms with van der Waals surface area (Å²) in [6, 6.07) is 10.2. The second kappa shape index (κ2) is 31.5. The third-order valence-corrected chi connectivity index (χ3v) is 16.9. The van der Waals surface area contributed by atoms with Crippen LogP contribution in [0.15, 0.2) is 70.4 Å². The molecule has 0 aliphatic carbocycles. The van der Waals surface area contributed by atoms with Gasteiger partial charge >= 0.3 is 0 Å². The zero-order chi connectivity index (χ0) is 62.1. The van der Waals surface area contributed by atoms with Gasteiger partial charge in [0, 0.05) is 144 Å². The SMILES string of the molecule is CC(=O)N1CCC(Nc2cc(C(=O)CC[C@H](O)CCl)ccn2)CC1.CC(=O)N1CCC(Nc2cc(C(=O)CC[C@H](O)CN3CCc4c(C)c(OCc5ocnc5C)cc(F)c4C3)ccn2)CC1.Cc1ncoc1COc1cc(F)c2c(c1C)CCNC2. The number of carbonyl (C=O) groups excluding carboxylic acids is 4. The Hall–Kier alpha value is -7.37. The van der Waals surface area contributed by atoms with Crippen molar-refractivity contribution < 1.29 is 56.5 Å². The van der Waals surface area contributed by atoms with Gasteiger partial charge < -0.3 is 54.3 Å². The van der Waals surface area contributed by atoms with E-state index in [2.05, 4.69) is 35.9 Å². The largest absolute Gasteiger partial charge is 0.485 e. The topological polar surface area (TPSA) is 251 Å². The van der Waals surface area contributed by atoms with Gasteiger partial charge in [0.15, 0.2) is 35.9 Å². The lowest BCUT2D eigenvalue weighted by molar-refractivity contribution is -0.130. The van der Waals surface area contributed by atoms with E-state index in [0.29, 0.717) is 110 Å². The maximum atomic E-state index is 15.2. The summed E-state index contributed by atoms with van der Waals surface area (Å²) >= 11 is 5.54. The molecule has 0 radical (unpaired) electrons. The van der Waals surface area contributed by atoms with E-state index in [1.165, 1.54) is 24.9 Å². The molecule has 2 atom stereocenters. The second-order valence-electron chi connectivity index (χ2n) is 22.7. The van der Waals surface area contributed by atoms with E-state index in [1.807, 2.05) is 42.4 Å². The van der Waals surface area contributed by atoms with Crippen LogP contribution in [0.2, 0.25) is 0 Å². The molecule has 2 fully saturated rings. The quantitative estimate of drug-likeness (QED) is 0.0333. The first-order valence-electron chi connectivity index (χ1n) is 29.9. The number of aliphatic hydroxyl groups excluding tert-OH is 2. The average molecular weight is 1220 g/mol. The summed E-state index contributed by atoms with van der Waals surface area (Å²) < 4.78 is 51.4. The zero-order valence-corrected chi connectivity index (χ0v) is 51.3. The first-order valence-corrected chi connectivity index (χ1v) is 30.4. The Morgan fingerprint density at radius 1 is 0.667 bits per heavy atom. The molecule has 4 aliphatic heterocycles. The van der Waals surface area contributed by atoms with Crippen molar-refractivity contribution >= 4 is 46.6 Å². The molecule has 10 rings (SSSR count). The fourth-order valence-electron chi connectivity index (χ4n) is 11.2. The lowest BCUT2D eigenvalue weighted by atomic mass is 9.93. The predicted octanol–water partition coefficient (Wildman–Crippen LogP) is 8.93. The molecule has 4 aliphatic rings. The van der Waals surface area contributed by atoms with E-state index in [4.69, 9.17) is 29.9 Å². The molecule has 0 saturated carbocycles. The molecule has 5 N–H and O–H groups in total. The molecule has 87 heavy (non-hydrogen) atoms. The maximum absolute atomic E-state index is 15.2. The van der Waals surface area contributed by atoms with Crippen molar-refractivity contribution in [3.63, 3.8) is 0 Å². The Balaban J connectivity index is 0.000000187. The number of aryl methyl sites for hydroxylation is 2. The number of piperidine rings is 2. The number of hydrogen-bond donors (Lipinski definition) is 5. The molecular weight excluding hydrogens is 1140 g/mol. The summed E-state index contributed by atoms with van der Waals surface area (Å²) in [5.41, 5.74) is 7.98. The van der Waals surface area contributed by atoms with Crippen LogP contribution in [-0.2, 0) is 48.7 Å². The minimum absolute atomic E-state index is 0.0315. The van der Waals surface area contributed by atoms with E-state index in [9.17, 15) is 33.8 Å². The number of anilines is 2. The standard InChI is InChI=1S/C32H40FN5O5.C17H24ClN3O3.C15H17FN2O2/c1-20-26-9-11-37(17-27(26)28(33)15-30(20)42-18-31-21(2)35-19-43-31)16-25(40)4-5-29(41)23-6-10-34-32(14-23)36-24-7-12-38(13-8-24)22(3)39;1-12(22)21-8-5-14(6-9-21)20-17-10-13(4-7-19-17)16(24)3-2-15(23)11-18;1-9-11-3-4-17-6-12(11)13(16)5-14(9)19-7-15-10(2)18-8-20-15/h6,10,14-15,19,24-25,40H,4-5,7-9,11-13,16-18H2,1-3H3,(H,34,36);4,7,10,14-15,23H,2-3,5-6,8-9,11H2,1H3,(H,19,20);5,8,17H,3-4,6-7H2,1-2H3/t25-;15-;/m00./s1. The summed E-state index contributed by atoms with van der Waals surface area (Å²) in [6.07, 6.45) is 10.6.